The Hall–Kier alpha value is -1.58. The molecule has 0 aromatic carbocycles. The van der Waals surface area contributed by atoms with E-state index in [0.29, 0.717) is 17.5 Å². The minimum atomic E-state index is -0.174. The Bertz CT molecular complexity index is 331. The predicted molar refractivity (Wildman–Crippen MR) is 53.4 cm³/mol. The number of aromatic amines is 1. The third-order valence-corrected chi connectivity index (χ3v) is 2.08. The molecular formula is C10H14N2O2. The first-order chi connectivity index (χ1) is 6.67. The summed E-state index contributed by atoms with van der Waals surface area (Å²) in [5.41, 5.74) is 0.909. The summed E-state index contributed by atoms with van der Waals surface area (Å²) in [7, 11) is 0. The van der Waals surface area contributed by atoms with Gasteiger partial charge in [-0.25, -0.2) is 0 Å². The maximum Gasteiger partial charge on any atom is 0.267 e. The van der Waals surface area contributed by atoms with E-state index in [1.807, 2.05) is 13.8 Å². The lowest BCUT2D eigenvalue weighted by molar-refractivity contribution is 0.0935. The molecule has 1 aromatic heterocycles. The molecule has 1 heterocycles. The average molecular weight is 194 g/mol. The fourth-order valence-electron chi connectivity index (χ4n) is 1.01. The molecule has 14 heavy (non-hydrogen) atoms. The molecule has 0 spiro atoms. The third kappa shape index (κ3) is 2.45. The number of hydrogen-bond acceptors (Lipinski definition) is 2. The van der Waals surface area contributed by atoms with E-state index in [9.17, 15) is 9.59 Å². The smallest absolute Gasteiger partial charge is 0.267 e. The number of hydrogen-bond donors (Lipinski definition) is 2. The largest absolute Gasteiger partial charge is 0.357 e. The molecule has 76 valence electrons. The number of aldehydes is 1. The zero-order valence-electron chi connectivity index (χ0n) is 8.33. The molecule has 0 saturated heterocycles. The van der Waals surface area contributed by atoms with Gasteiger partial charge in [-0.05, 0) is 19.4 Å². The van der Waals surface area contributed by atoms with Crippen molar-refractivity contribution in [3.8, 4) is 0 Å². The molecule has 1 unspecified atom stereocenters. The Morgan fingerprint density at radius 1 is 1.71 bits per heavy atom. The topological polar surface area (TPSA) is 62.0 Å². The van der Waals surface area contributed by atoms with Gasteiger partial charge in [-0.15, -0.1) is 0 Å². The van der Waals surface area contributed by atoms with E-state index in [0.717, 1.165) is 6.42 Å². The normalized spacial score (nSPS) is 12.1. The molecule has 4 nitrogen and oxygen atoms in total. The van der Waals surface area contributed by atoms with E-state index >= 15 is 0 Å². The van der Waals surface area contributed by atoms with Crippen molar-refractivity contribution in [2.24, 2.45) is 0 Å². The van der Waals surface area contributed by atoms with Gasteiger partial charge in [-0.3, -0.25) is 9.59 Å². The average Bonchev–Trinajstić information content (AvgIpc) is 2.65. The number of H-pyrrole nitrogens is 1. The lowest BCUT2D eigenvalue weighted by atomic mass is 10.2. The maximum absolute atomic E-state index is 11.5. The highest BCUT2D eigenvalue weighted by Crippen LogP contribution is 2.01. The first kappa shape index (κ1) is 10.5. The quantitative estimate of drug-likeness (QED) is 0.711. The predicted octanol–water partition coefficient (Wildman–Crippen LogP) is 1.36. The molecule has 1 atom stereocenters. The van der Waals surface area contributed by atoms with Crippen molar-refractivity contribution in [3.63, 3.8) is 0 Å². The van der Waals surface area contributed by atoms with Gasteiger partial charge in [0.2, 0.25) is 0 Å². The van der Waals surface area contributed by atoms with Gasteiger partial charge in [0.05, 0.1) is 0 Å². The second-order valence-electron chi connectivity index (χ2n) is 3.25. The summed E-state index contributed by atoms with van der Waals surface area (Å²) >= 11 is 0. The fourth-order valence-corrected chi connectivity index (χ4v) is 1.01. The van der Waals surface area contributed by atoms with E-state index in [4.69, 9.17) is 0 Å². The lowest BCUT2D eigenvalue weighted by Gasteiger charge is -2.09. The summed E-state index contributed by atoms with van der Waals surface area (Å²) in [5.74, 6) is -0.174. The number of carbonyl (C=O) groups is 2. The van der Waals surface area contributed by atoms with Crippen LogP contribution in [0, 0.1) is 0 Å². The molecule has 1 rings (SSSR count). The Morgan fingerprint density at radius 2 is 2.43 bits per heavy atom. The van der Waals surface area contributed by atoms with Crippen LogP contribution in [-0.2, 0) is 0 Å². The van der Waals surface area contributed by atoms with Crippen LogP contribution in [0.15, 0.2) is 12.3 Å². The van der Waals surface area contributed by atoms with Gasteiger partial charge in [-0.2, -0.15) is 0 Å². The van der Waals surface area contributed by atoms with Gasteiger partial charge in [0.15, 0.2) is 6.29 Å². The van der Waals surface area contributed by atoms with Crippen LogP contribution in [0.25, 0.3) is 0 Å². The molecule has 0 aliphatic rings. The van der Waals surface area contributed by atoms with Crippen LogP contribution in [0.2, 0.25) is 0 Å². The van der Waals surface area contributed by atoms with Gasteiger partial charge in [0, 0.05) is 17.8 Å². The number of aromatic nitrogens is 1. The van der Waals surface area contributed by atoms with Crippen molar-refractivity contribution < 1.29 is 9.59 Å². The van der Waals surface area contributed by atoms with Crippen LogP contribution in [0.5, 0.6) is 0 Å². The Balaban J connectivity index is 2.64. The standard InChI is InChI=1S/C10H14N2O2/c1-3-7(2)12-10(14)9-4-8(6-13)5-11-9/h4-7,11H,3H2,1-2H3,(H,12,14). The van der Waals surface area contributed by atoms with Crippen molar-refractivity contribution >= 4 is 12.2 Å². The first-order valence-electron chi connectivity index (χ1n) is 4.61. The summed E-state index contributed by atoms with van der Waals surface area (Å²) in [6.07, 6.45) is 3.10. The SMILES string of the molecule is CCC(C)NC(=O)c1cc(C=O)c[nH]1. The summed E-state index contributed by atoms with van der Waals surface area (Å²) < 4.78 is 0. The van der Waals surface area contributed by atoms with Gasteiger partial charge in [0.1, 0.15) is 5.69 Å². The molecule has 2 N–H and O–H groups in total. The van der Waals surface area contributed by atoms with E-state index in [1.54, 1.807) is 0 Å². The van der Waals surface area contributed by atoms with Crippen LogP contribution < -0.4 is 5.32 Å². The molecule has 1 amide bonds. The van der Waals surface area contributed by atoms with Crippen molar-refractivity contribution in [2.75, 3.05) is 0 Å². The number of rotatable bonds is 4. The zero-order chi connectivity index (χ0) is 10.6. The van der Waals surface area contributed by atoms with Gasteiger partial charge < -0.3 is 10.3 Å². The summed E-state index contributed by atoms with van der Waals surface area (Å²) in [5, 5.41) is 2.80. The minimum absolute atomic E-state index is 0.144. The lowest BCUT2D eigenvalue weighted by Crippen LogP contribution is -2.32. The number of nitrogens with one attached hydrogen (secondary N) is 2. The molecule has 4 heteroatoms. The highest BCUT2D eigenvalue weighted by atomic mass is 16.2. The Labute approximate surface area is 82.7 Å². The molecule has 1 aromatic rings. The van der Waals surface area contributed by atoms with E-state index < -0.39 is 0 Å². The monoisotopic (exact) mass is 194 g/mol. The zero-order valence-corrected chi connectivity index (χ0v) is 8.33. The number of amides is 1. The van der Waals surface area contributed by atoms with Crippen LogP contribution in [0.3, 0.4) is 0 Å². The van der Waals surface area contributed by atoms with Gasteiger partial charge in [0.25, 0.3) is 5.91 Å². The minimum Gasteiger partial charge on any atom is -0.357 e. The molecule has 0 fully saturated rings. The molecule has 0 aliphatic heterocycles. The highest BCUT2D eigenvalue weighted by molar-refractivity contribution is 5.94. The van der Waals surface area contributed by atoms with Crippen LogP contribution in [0.4, 0.5) is 0 Å². The molecule has 0 aliphatic carbocycles. The summed E-state index contributed by atoms with van der Waals surface area (Å²) in [6, 6.07) is 1.68. The van der Waals surface area contributed by atoms with Gasteiger partial charge >= 0.3 is 0 Å². The molecular weight excluding hydrogens is 180 g/mol. The second-order valence-corrected chi connectivity index (χ2v) is 3.25. The van der Waals surface area contributed by atoms with Gasteiger partial charge in [-0.1, -0.05) is 6.92 Å². The molecule has 0 radical (unpaired) electrons. The molecule has 0 bridgehead atoms. The Kier molecular flexibility index (Phi) is 3.45. The fraction of sp³-hybridized carbons (Fsp3) is 0.400. The van der Waals surface area contributed by atoms with Crippen molar-refractivity contribution in [3.05, 3.63) is 23.5 Å². The van der Waals surface area contributed by atoms with E-state index in [1.165, 1.54) is 12.3 Å². The summed E-state index contributed by atoms with van der Waals surface area (Å²) in [6.45, 7) is 3.93. The Morgan fingerprint density at radius 3 is 2.93 bits per heavy atom. The maximum atomic E-state index is 11.5. The second kappa shape index (κ2) is 4.60. The van der Waals surface area contributed by atoms with Crippen molar-refractivity contribution in [2.45, 2.75) is 26.3 Å². The van der Waals surface area contributed by atoms with Crippen LogP contribution in [-0.4, -0.2) is 23.2 Å². The van der Waals surface area contributed by atoms with E-state index in [-0.39, 0.29) is 11.9 Å². The van der Waals surface area contributed by atoms with Crippen LogP contribution in [0.1, 0.15) is 41.1 Å². The van der Waals surface area contributed by atoms with Crippen molar-refractivity contribution in [1.82, 2.24) is 10.3 Å². The molecule has 0 saturated carbocycles. The number of carbonyl (C=O) groups excluding carboxylic acids is 2. The van der Waals surface area contributed by atoms with Crippen molar-refractivity contribution in [1.29, 1.82) is 0 Å². The van der Waals surface area contributed by atoms with Crippen LogP contribution >= 0.6 is 0 Å². The summed E-state index contributed by atoms with van der Waals surface area (Å²) in [4.78, 5) is 24.6. The third-order valence-electron chi connectivity index (χ3n) is 2.08. The van der Waals surface area contributed by atoms with E-state index in [2.05, 4.69) is 10.3 Å². The first-order valence-corrected chi connectivity index (χ1v) is 4.61. The highest BCUT2D eigenvalue weighted by Gasteiger charge is 2.09.